The summed E-state index contributed by atoms with van der Waals surface area (Å²) in [7, 11) is 0. The molecular weight excluding hydrogens is 304 g/mol. The van der Waals surface area contributed by atoms with Gasteiger partial charge in [0.15, 0.2) is 5.82 Å². The summed E-state index contributed by atoms with van der Waals surface area (Å²) in [5.41, 5.74) is 1.38. The zero-order valence-electron chi connectivity index (χ0n) is 14.0. The topological polar surface area (TPSA) is 70.4 Å². The quantitative estimate of drug-likeness (QED) is 0.855. The molecule has 1 fully saturated rings. The number of carbonyl (C=O) groups excluding carboxylic acids is 1. The highest BCUT2D eigenvalue weighted by molar-refractivity contribution is 5.88. The Bertz CT molecular complexity index is 656. The third kappa shape index (κ3) is 4.83. The molecule has 1 aromatic carbocycles. The average molecular weight is 328 g/mol. The van der Waals surface area contributed by atoms with Gasteiger partial charge in [-0.25, -0.2) is 4.79 Å². The molecule has 0 saturated carbocycles. The Labute approximate surface area is 142 Å². The van der Waals surface area contributed by atoms with E-state index in [2.05, 4.69) is 45.0 Å². The lowest BCUT2D eigenvalue weighted by Gasteiger charge is -2.16. The highest BCUT2D eigenvalue weighted by atomic mass is 16.5. The van der Waals surface area contributed by atoms with Crippen LogP contribution in [-0.2, 0) is 6.42 Å². The Balaban J connectivity index is 1.34. The molecule has 1 aliphatic rings. The molecule has 1 aliphatic heterocycles. The normalized spacial score (nSPS) is 17.8. The monoisotopic (exact) mass is 328 g/mol. The maximum absolute atomic E-state index is 11.9. The van der Waals surface area contributed by atoms with Crippen LogP contribution >= 0.6 is 0 Å². The van der Waals surface area contributed by atoms with E-state index in [1.54, 1.807) is 13.0 Å². The van der Waals surface area contributed by atoms with Crippen LogP contribution in [0.15, 0.2) is 40.9 Å². The summed E-state index contributed by atoms with van der Waals surface area (Å²) >= 11 is 0. The molecule has 1 saturated heterocycles. The highest BCUT2D eigenvalue weighted by Crippen LogP contribution is 2.16. The molecular formula is C18H24N4O2. The van der Waals surface area contributed by atoms with Crippen LogP contribution in [0.1, 0.15) is 17.7 Å². The number of hydrogen-bond donors (Lipinski definition) is 2. The fraction of sp³-hybridized carbons (Fsp3) is 0.444. The third-order valence-electron chi connectivity index (χ3n) is 4.35. The first kappa shape index (κ1) is 16.5. The van der Waals surface area contributed by atoms with E-state index < -0.39 is 0 Å². The van der Waals surface area contributed by atoms with Crippen molar-refractivity contribution in [3.8, 4) is 0 Å². The van der Waals surface area contributed by atoms with Crippen molar-refractivity contribution in [1.29, 1.82) is 0 Å². The second kappa shape index (κ2) is 7.97. The summed E-state index contributed by atoms with van der Waals surface area (Å²) < 4.78 is 4.92. The number of hydrogen-bond acceptors (Lipinski definition) is 4. The number of anilines is 1. The second-order valence-electron chi connectivity index (χ2n) is 6.35. The highest BCUT2D eigenvalue weighted by Gasteiger charge is 2.22. The Kier molecular flexibility index (Phi) is 5.48. The molecule has 6 nitrogen and oxygen atoms in total. The fourth-order valence-corrected chi connectivity index (χ4v) is 3.04. The van der Waals surface area contributed by atoms with Crippen molar-refractivity contribution in [3.63, 3.8) is 0 Å². The van der Waals surface area contributed by atoms with E-state index in [-0.39, 0.29) is 6.03 Å². The van der Waals surface area contributed by atoms with Crippen molar-refractivity contribution in [1.82, 2.24) is 15.4 Å². The molecule has 0 bridgehead atoms. The van der Waals surface area contributed by atoms with E-state index in [9.17, 15) is 4.79 Å². The molecule has 2 N–H and O–H groups in total. The standard InChI is InChI=1S/C18H24N4O2/c1-14-11-17(21-24-14)20-18(23)19-12-16-8-10-22(13-16)9-7-15-5-3-2-4-6-15/h2-6,11,16H,7-10,12-13H2,1H3,(H2,19,20,21,23)/t16-/m0/s1. The van der Waals surface area contributed by atoms with Crippen LogP contribution in [0.4, 0.5) is 10.6 Å². The lowest BCUT2D eigenvalue weighted by Crippen LogP contribution is -2.34. The first-order chi connectivity index (χ1) is 11.7. The minimum Gasteiger partial charge on any atom is -0.360 e. The minimum atomic E-state index is -0.231. The molecule has 2 heterocycles. The van der Waals surface area contributed by atoms with Crippen LogP contribution in [0.2, 0.25) is 0 Å². The molecule has 0 radical (unpaired) electrons. The Morgan fingerprint density at radius 1 is 1.38 bits per heavy atom. The van der Waals surface area contributed by atoms with Crippen molar-refractivity contribution in [3.05, 3.63) is 47.7 Å². The van der Waals surface area contributed by atoms with Crippen molar-refractivity contribution in [2.24, 2.45) is 5.92 Å². The van der Waals surface area contributed by atoms with E-state index in [1.165, 1.54) is 5.56 Å². The van der Waals surface area contributed by atoms with Crippen LogP contribution in [0.5, 0.6) is 0 Å². The van der Waals surface area contributed by atoms with Crippen molar-refractivity contribution in [2.45, 2.75) is 19.8 Å². The molecule has 6 heteroatoms. The number of benzene rings is 1. The van der Waals surface area contributed by atoms with Gasteiger partial charge in [-0.15, -0.1) is 0 Å². The molecule has 3 rings (SSSR count). The maximum Gasteiger partial charge on any atom is 0.320 e. The summed E-state index contributed by atoms with van der Waals surface area (Å²) in [6, 6.07) is 12.0. The van der Waals surface area contributed by atoms with Crippen molar-refractivity contribution >= 4 is 11.8 Å². The number of rotatable bonds is 6. The Hall–Kier alpha value is -2.34. The van der Waals surface area contributed by atoms with E-state index >= 15 is 0 Å². The summed E-state index contributed by atoms with van der Waals surface area (Å²) in [5, 5.41) is 9.34. The third-order valence-corrected chi connectivity index (χ3v) is 4.35. The smallest absolute Gasteiger partial charge is 0.320 e. The largest absolute Gasteiger partial charge is 0.360 e. The molecule has 1 atom stereocenters. The van der Waals surface area contributed by atoms with Gasteiger partial charge in [-0.2, -0.15) is 0 Å². The van der Waals surface area contributed by atoms with Gasteiger partial charge in [-0.3, -0.25) is 5.32 Å². The summed E-state index contributed by atoms with van der Waals surface area (Å²) in [5.74, 6) is 1.63. The average Bonchev–Trinajstić information content (AvgIpc) is 3.21. The first-order valence-electron chi connectivity index (χ1n) is 8.43. The number of likely N-dealkylation sites (tertiary alicyclic amines) is 1. The molecule has 2 aromatic rings. The number of aromatic nitrogens is 1. The van der Waals surface area contributed by atoms with E-state index in [4.69, 9.17) is 4.52 Å². The van der Waals surface area contributed by atoms with Gasteiger partial charge in [0.25, 0.3) is 0 Å². The number of aryl methyl sites for hydroxylation is 1. The number of nitrogens with zero attached hydrogens (tertiary/aromatic N) is 2. The van der Waals surface area contributed by atoms with Crippen LogP contribution in [0.3, 0.4) is 0 Å². The maximum atomic E-state index is 11.9. The van der Waals surface area contributed by atoms with Gasteiger partial charge in [-0.05, 0) is 37.8 Å². The van der Waals surface area contributed by atoms with Gasteiger partial charge >= 0.3 is 6.03 Å². The zero-order valence-corrected chi connectivity index (χ0v) is 14.0. The molecule has 0 unspecified atom stereocenters. The molecule has 1 aromatic heterocycles. The first-order valence-corrected chi connectivity index (χ1v) is 8.43. The van der Waals surface area contributed by atoms with Gasteiger partial charge in [0.05, 0.1) is 0 Å². The van der Waals surface area contributed by atoms with Gasteiger partial charge in [0.2, 0.25) is 0 Å². The van der Waals surface area contributed by atoms with Crippen molar-refractivity contribution in [2.75, 3.05) is 31.5 Å². The predicted molar refractivity (Wildman–Crippen MR) is 93.0 cm³/mol. The van der Waals surface area contributed by atoms with E-state index in [1.807, 2.05) is 6.07 Å². The lowest BCUT2D eigenvalue weighted by molar-refractivity contribution is 0.249. The second-order valence-corrected chi connectivity index (χ2v) is 6.35. The summed E-state index contributed by atoms with van der Waals surface area (Å²) in [6.45, 7) is 5.69. The van der Waals surface area contributed by atoms with Gasteiger partial charge in [0, 0.05) is 25.7 Å². The zero-order chi connectivity index (χ0) is 16.8. The summed E-state index contributed by atoms with van der Waals surface area (Å²) in [6.07, 6.45) is 2.20. The molecule has 0 spiro atoms. The molecule has 128 valence electrons. The van der Waals surface area contributed by atoms with Gasteiger partial charge in [0.1, 0.15) is 5.76 Å². The van der Waals surface area contributed by atoms with Crippen LogP contribution < -0.4 is 10.6 Å². The fourth-order valence-electron chi connectivity index (χ4n) is 3.04. The molecule has 0 aliphatic carbocycles. The predicted octanol–water partition coefficient (Wildman–Crippen LogP) is 2.67. The van der Waals surface area contributed by atoms with Gasteiger partial charge in [-0.1, -0.05) is 35.5 Å². The number of amides is 2. The Morgan fingerprint density at radius 2 is 2.21 bits per heavy atom. The van der Waals surface area contributed by atoms with Gasteiger partial charge < -0.3 is 14.7 Å². The summed E-state index contributed by atoms with van der Waals surface area (Å²) in [4.78, 5) is 14.3. The van der Waals surface area contributed by atoms with Crippen LogP contribution in [-0.4, -0.2) is 42.3 Å². The minimum absolute atomic E-state index is 0.231. The van der Waals surface area contributed by atoms with E-state index in [0.717, 1.165) is 32.5 Å². The number of urea groups is 1. The molecule has 2 amide bonds. The van der Waals surface area contributed by atoms with Crippen molar-refractivity contribution < 1.29 is 9.32 Å². The number of nitrogens with one attached hydrogen (secondary N) is 2. The number of carbonyl (C=O) groups is 1. The van der Waals surface area contributed by atoms with Crippen LogP contribution in [0, 0.1) is 12.8 Å². The SMILES string of the molecule is Cc1cc(NC(=O)NC[C@@H]2CCN(CCc3ccccc3)C2)no1. The molecule has 24 heavy (non-hydrogen) atoms. The Morgan fingerprint density at radius 3 is 2.96 bits per heavy atom. The van der Waals surface area contributed by atoms with Crippen LogP contribution in [0.25, 0.3) is 0 Å². The van der Waals surface area contributed by atoms with E-state index in [0.29, 0.717) is 24.0 Å². The lowest BCUT2D eigenvalue weighted by atomic mass is 10.1.